The number of likely N-dealkylation sites (tertiary alicyclic amines) is 1. The minimum Gasteiger partial charge on any atom is -0.341 e. The van der Waals surface area contributed by atoms with Gasteiger partial charge in [-0.2, -0.15) is 0 Å². The van der Waals surface area contributed by atoms with Crippen LogP contribution in [0.4, 0.5) is 0 Å². The van der Waals surface area contributed by atoms with Gasteiger partial charge in [0, 0.05) is 25.6 Å². The first-order valence-electron chi connectivity index (χ1n) is 6.68. The summed E-state index contributed by atoms with van der Waals surface area (Å²) in [5.74, 6) is 0.884. The number of hydrogen-bond acceptors (Lipinski definition) is 3. The molecular formula is C13H27N3O. The van der Waals surface area contributed by atoms with Crippen molar-refractivity contribution < 1.29 is 4.79 Å². The van der Waals surface area contributed by atoms with Gasteiger partial charge < -0.3 is 15.5 Å². The monoisotopic (exact) mass is 241 g/mol. The van der Waals surface area contributed by atoms with Crippen molar-refractivity contribution in [2.24, 2.45) is 11.7 Å². The summed E-state index contributed by atoms with van der Waals surface area (Å²) in [6.07, 6.45) is 3.78. The summed E-state index contributed by atoms with van der Waals surface area (Å²) < 4.78 is 0. The number of carbonyl (C=O) groups excluding carboxylic acids is 1. The van der Waals surface area contributed by atoms with Crippen LogP contribution in [-0.2, 0) is 4.79 Å². The molecule has 1 amide bonds. The molecule has 2 N–H and O–H groups in total. The van der Waals surface area contributed by atoms with E-state index in [1.807, 2.05) is 4.90 Å². The maximum Gasteiger partial charge on any atom is 0.222 e. The third-order valence-corrected chi connectivity index (χ3v) is 3.76. The van der Waals surface area contributed by atoms with Crippen molar-refractivity contribution in [2.45, 2.75) is 38.6 Å². The molecule has 2 unspecified atom stereocenters. The smallest absolute Gasteiger partial charge is 0.222 e. The molecule has 1 fully saturated rings. The Bertz CT molecular complexity index is 243. The van der Waals surface area contributed by atoms with E-state index >= 15 is 0 Å². The highest BCUT2D eigenvalue weighted by molar-refractivity contribution is 5.76. The predicted octanol–water partition coefficient (Wildman–Crippen LogP) is 0.914. The Balaban J connectivity index is 2.25. The van der Waals surface area contributed by atoms with Crippen molar-refractivity contribution >= 4 is 5.91 Å². The first-order chi connectivity index (χ1) is 8.04. The third-order valence-electron chi connectivity index (χ3n) is 3.76. The lowest BCUT2D eigenvalue weighted by atomic mass is 10.0. The van der Waals surface area contributed by atoms with Crippen LogP contribution >= 0.6 is 0 Å². The normalized spacial score (nSPS) is 22.2. The Kier molecular flexibility index (Phi) is 5.92. The minimum atomic E-state index is 0.318. The topological polar surface area (TPSA) is 49.6 Å². The first-order valence-corrected chi connectivity index (χ1v) is 6.68. The van der Waals surface area contributed by atoms with Crippen LogP contribution in [0.5, 0.6) is 0 Å². The van der Waals surface area contributed by atoms with Crippen LogP contribution in [-0.4, -0.2) is 55.5 Å². The van der Waals surface area contributed by atoms with E-state index in [9.17, 15) is 4.79 Å². The van der Waals surface area contributed by atoms with Gasteiger partial charge in [0.05, 0.1) is 0 Å². The number of nitrogens with zero attached hydrogens (tertiary/aromatic N) is 2. The fraction of sp³-hybridized carbons (Fsp3) is 0.923. The Labute approximate surface area is 105 Å². The molecule has 2 atom stereocenters. The highest BCUT2D eigenvalue weighted by atomic mass is 16.2. The second kappa shape index (κ2) is 6.97. The van der Waals surface area contributed by atoms with E-state index in [4.69, 9.17) is 5.73 Å². The molecular weight excluding hydrogens is 214 g/mol. The molecule has 0 saturated carbocycles. The molecule has 4 heteroatoms. The average molecular weight is 241 g/mol. The largest absolute Gasteiger partial charge is 0.341 e. The Morgan fingerprint density at radius 1 is 1.47 bits per heavy atom. The molecule has 17 heavy (non-hydrogen) atoms. The molecule has 1 aliphatic heterocycles. The molecule has 0 radical (unpaired) electrons. The Morgan fingerprint density at radius 2 is 2.18 bits per heavy atom. The summed E-state index contributed by atoms with van der Waals surface area (Å²) in [7, 11) is 4.17. The van der Waals surface area contributed by atoms with Crippen LogP contribution in [0.25, 0.3) is 0 Å². The number of rotatable bonds is 6. The van der Waals surface area contributed by atoms with Crippen LogP contribution in [0, 0.1) is 5.92 Å². The molecule has 4 nitrogen and oxygen atoms in total. The zero-order chi connectivity index (χ0) is 12.8. The number of likely N-dealkylation sites (N-methyl/N-ethyl adjacent to an activating group) is 1. The van der Waals surface area contributed by atoms with Gasteiger partial charge in [0.1, 0.15) is 0 Å². The van der Waals surface area contributed by atoms with Crippen molar-refractivity contribution in [1.82, 2.24) is 9.80 Å². The van der Waals surface area contributed by atoms with E-state index in [1.165, 1.54) is 0 Å². The summed E-state index contributed by atoms with van der Waals surface area (Å²) in [5, 5.41) is 0. The van der Waals surface area contributed by atoms with Crippen LogP contribution in [0.2, 0.25) is 0 Å². The van der Waals surface area contributed by atoms with Crippen LogP contribution in [0.3, 0.4) is 0 Å². The summed E-state index contributed by atoms with van der Waals surface area (Å²) in [6.45, 7) is 4.72. The lowest BCUT2D eigenvalue weighted by molar-refractivity contribution is -0.130. The summed E-state index contributed by atoms with van der Waals surface area (Å²) >= 11 is 0. The van der Waals surface area contributed by atoms with Gasteiger partial charge in [-0.3, -0.25) is 4.79 Å². The van der Waals surface area contributed by atoms with Crippen molar-refractivity contribution in [2.75, 3.05) is 33.7 Å². The van der Waals surface area contributed by atoms with Gasteiger partial charge in [-0.1, -0.05) is 6.92 Å². The van der Waals surface area contributed by atoms with Gasteiger partial charge in [0.2, 0.25) is 5.91 Å². The maximum atomic E-state index is 12.0. The van der Waals surface area contributed by atoms with Crippen molar-refractivity contribution in [3.8, 4) is 0 Å². The van der Waals surface area contributed by atoms with E-state index in [1.54, 1.807) is 0 Å². The number of amides is 1. The molecule has 100 valence electrons. The van der Waals surface area contributed by atoms with Crippen molar-refractivity contribution in [3.63, 3.8) is 0 Å². The Hall–Kier alpha value is -0.610. The highest BCUT2D eigenvalue weighted by Crippen LogP contribution is 2.16. The highest BCUT2D eigenvalue weighted by Gasteiger charge is 2.27. The van der Waals surface area contributed by atoms with E-state index in [-0.39, 0.29) is 0 Å². The zero-order valence-electron chi connectivity index (χ0n) is 11.5. The van der Waals surface area contributed by atoms with Crippen LogP contribution < -0.4 is 5.73 Å². The molecule has 0 aromatic rings. The molecule has 1 rings (SSSR count). The average Bonchev–Trinajstić information content (AvgIpc) is 2.75. The molecule has 0 aromatic carbocycles. The van der Waals surface area contributed by atoms with Gasteiger partial charge in [-0.15, -0.1) is 0 Å². The van der Waals surface area contributed by atoms with E-state index in [2.05, 4.69) is 25.9 Å². The molecule has 0 spiro atoms. The summed E-state index contributed by atoms with van der Waals surface area (Å²) in [6, 6.07) is 0.542. The van der Waals surface area contributed by atoms with E-state index in [0.717, 1.165) is 38.9 Å². The van der Waals surface area contributed by atoms with Gasteiger partial charge >= 0.3 is 0 Å². The standard InChI is InChI=1S/C13H27N3O/c1-11(6-8-14)4-5-13(17)16-9-7-12(10-16)15(2)3/h11-12H,4-10,14H2,1-3H3. The van der Waals surface area contributed by atoms with Crippen LogP contribution in [0.1, 0.15) is 32.6 Å². The molecule has 0 aliphatic carbocycles. The third kappa shape index (κ3) is 4.64. The minimum absolute atomic E-state index is 0.318. The Morgan fingerprint density at radius 3 is 2.71 bits per heavy atom. The van der Waals surface area contributed by atoms with Crippen LogP contribution in [0.15, 0.2) is 0 Å². The summed E-state index contributed by atoms with van der Waals surface area (Å²) in [4.78, 5) is 16.2. The van der Waals surface area contributed by atoms with Gasteiger partial charge in [0.15, 0.2) is 0 Å². The maximum absolute atomic E-state index is 12.0. The van der Waals surface area contributed by atoms with Crippen molar-refractivity contribution in [1.29, 1.82) is 0 Å². The summed E-state index contributed by atoms with van der Waals surface area (Å²) in [5.41, 5.74) is 5.51. The van der Waals surface area contributed by atoms with Gasteiger partial charge in [-0.05, 0) is 45.8 Å². The quantitative estimate of drug-likeness (QED) is 0.752. The second-order valence-electron chi connectivity index (χ2n) is 5.47. The lowest BCUT2D eigenvalue weighted by Gasteiger charge is -2.21. The van der Waals surface area contributed by atoms with E-state index < -0.39 is 0 Å². The van der Waals surface area contributed by atoms with Crippen molar-refractivity contribution in [3.05, 3.63) is 0 Å². The number of nitrogens with two attached hydrogens (primary N) is 1. The molecule has 1 heterocycles. The van der Waals surface area contributed by atoms with E-state index in [0.29, 0.717) is 24.3 Å². The second-order valence-corrected chi connectivity index (χ2v) is 5.47. The number of hydrogen-bond donors (Lipinski definition) is 1. The number of carbonyl (C=O) groups is 1. The first kappa shape index (κ1) is 14.5. The molecule has 1 aliphatic rings. The molecule has 0 aromatic heterocycles. The molecule has 0 bridgehead atoms. The predicted molar refractivity (Wildman–Crippen MR) is 70.7 cm³/mol. The van der Waals surface area contributed by atoms with Gasteiger partial charge in [-0.25, -0.2) is 0 Å². The lowest BCUT2D eigenvalue weighted by Crippen LogP contribution is -2.34. The molecule has 1 saturated heterocycles. The SMILES string of the molecule is CC(CCN)CCC(=O)N1CCC(N(C)C)C1. The van der Waals surface area contributed by atoms with Gasteiger partial charge in [0.25, 0.3) is 0 Å². The fourth-order valence-corrected chi connectivity index (χ4v) is 2.35. The zero-order valence-corrected chi connectivity index (χ0v) is 11.5. The fourth-order valence-electron chi connectivity index (χ4n) is 2.35.